The van der Waals surface area contributed by atoms with Gasteiger partial charge in [-0.3, -0.25) is 9.59 Å². The first kappa shape index (κ1) is 12.4. The number of thiophene rings is 1. The molecule has 1 aromatic rings. The maximum Gasteiger partial charge on any atom is 0.256 e. The highest BCUT2D eigenvalue weighted by Gasteiger charge is 2.51. The Bertz CT molecular complexity index is 553. The highest BCUT2D eigenvalue weighted by molar-refractivity contribution is 7.11. The van der Waals surface area contributed by atoms with Gasteiger partial charge in [-0.2, -0.15) is 0 Å². The summed E-state index contributed by atoms with van der Waals surface area (Å²) in [6.45, 7) is 0. The van der Waals surface area contributed by atoms with Gasteiger partial charge in [-0.1, -0.05) is 12.5 Å². The zero-order chi connectivity index (χ0) is 13.5. The molecule has 1 fully saturated rings. The third kappa shape index (κ3) is 1.89. The fourth-order valence-electron chi connectivity index (χ4n) is 2.88. The minimum Gasteiger partial charge on any atom is -0.477 e. The van der Waals surface area contributed by atoms with Gasteiger partial charge in [-0.15, -0.1) is 11.3 Å². The number of Topliss-reactive ketones (excluding diaryl/α,β-unsaturated/α-hetero) is 1. The van der Waals surface area contributed by atoms with E-state index in [1.54, 1.807) is 0 Å². The predicted octanol–water partition coefficient (Wildman–Crippen LogP) is 2.25. The average Bonchev–Trinajstić information content (AvgIpc) is 2.99. The zero-order valence-electron chi connectivity index (χ0n) is 10.5. The number of nitrogens with two attached hydrogens (primary N) is 1. The van der Waals surface area contributed by atoms with Gasteiger partial charge in [0.1, 0.15) is 5.57 Å². The first-order valence-electron chi connectivity index (χ1n) is 6.46. The molecule has 1 aliphatic heterocycles. The Labute approximate surface area is 115 Å². The van der Waals surface area contributed by atoms with E-state index in [4.69, 9.17) is 10.5 Å². The second-order valence-corrected chi connectivity index (χ2v) is 5.98. The molecule has 19 heavy (non-hydrogen) atoms. The van der Waals surface area contributed by atoms with E-state index < -0.39 is 11.5 Å². The molecule has 100 valence electrons. The van der Waals surface area contributed by atoms with Crippen molar-refractivity contribution in [2.45, 2.75) is 37.7 Å². The van der Waals surface area contributed by atoms with Gasteiger partial charge < -0.3 is 10.5 Å². The summed E-state index contributed by atoms with van der Waals surface area (Å²) >= 11 is 1.45. The topological polar surface area (TPSA) is 69.4 Å². The van der Waals surface area contributed by atoms with Crippen LogP contribution >= 0.6 is 11.3 Å². The van der Waals surface area contributed by atoms with Crippen LogP contribution in [0.15, 0.2) is 23.1 Å². The molecule has 1 amide bonds. The summed E-state index contributed by atoms with van der Waals surface area (Å²) in [6.07, 6.45) is 4.37. The molecule has 1 spiro atoms. The number of carbonyl (C=O) groups excluding carboxylic acids is 2. The molecule has 2 heterocycles. The van der Waals surface area contributed by atoms with E-state index in [9.17, 15) is 9.59 Å². The van der Waals surface area contributed by atoms with Gasteiger partial charge >= 0.3 is 0 Å². The Kier molecular flexibility index (Phi) is 2.93. The third-order valence-electron chi connectivity index (χ3n) is 3.82. The molecule has 1 aromatic heterocycles. The van der Waals surface area contributed by atoms with Crippen LogP contribution in [0, 0.1) is 0 Å². The maximum atomic E-state index is 12.6. The second-order valence-electron chi connectivity index (χ2n) is 5.03. The molecule has 0 radical (unpaired) electrons. The van der Waals surface area contributed by atoms with Crippen LogP contribution in [-0.4, -0.2) is 17.3 Å². The lowest BCUT2D eigenvalue weighted by molar-refractivity contribution is -0.133. The highest BCUT2D eigenvalue weighted by atomic mass is 32.1. The summed E-state index contributed by atoms with van der Waals surface area (Å²) in [5.41, 5.74) is 4.60. The van der Waals surface area contributed by atoms with Crippen molar-refractivity contribution in [3.05, 3.63) is 28.0 Å². The molecule has 0 aromatic carbocycles. The number of primary amides is 1. The molecule has 2 aliphatic rings. The first-order chi connectivity index (χ1) is 9.14. The van der Waals surface area contributed by atoms with Crippen molar-refractivity contribution in [2.75, 3.05) is 0 Å². The number of hydrogen-bond acceptors (Lipinski definition) is 4. The first-order valence-corrected chi connectivity index (χ1v) is 7.34. The van der Waals surface area contributed by atoms with Gasteiger partial charge in [-0.05, 0) is 37.1 Å². The monoisotopic (exact) mass is 277 g/mol. The quantitative estimate of drug-likeness (QED) is 0.843. The van der Waals surface area contributed by atoms with E-state index in [0.717, 1.165) is 24.1 Å². The molecule has 5 heteroatoms. The van der Waals surface area contributed by atoms with Crippen LogP contribution < -0.4 is 5.73 Å². The molecule has 1 aliphatic carbocycles. The Morgan fingerprint density at radius 1 is 1.32 bits per heavy atom. The molecule has 0 unspecified atom stereocenters. The molecule has 3 rings (SSSR count). The Morgan fingerprint density at radius 2 is 2.05 bits per heavy atom. The van der Waals surface area contributed by atoms with E-state index >= 15 is 0 Å². The zero-order valence-corrected chi connectivity index (χ0v) is 11.3. The number of rotatable bonds is 2. The van der Waals surface area contributed by atoms with Crippen molar-refractivity contribution in [3.8, 4) is 0 Å². The van der Waals surface area contributed by atoms with Crippen molar-refractivity contribution in [1.82, 2.24) is 0 Å². The Hall–Kier alpha value is -1.62. The molecule has 2 N–H and O–H groups in total. The van der Waals surface area contributed by atoms with Gasteiger partial charge in [0.25, 0.3) is 5.91 Å². The van der Waals surface area contributed by atoms with Crippen LogP contribution in [0.5, 0.6) is 0 Å². The van der Waals surface area contributed by atoms with Gasteiger partial charge in [0.15, 0.2) is 11.4 Å². The van der Waals surface area contributed by atoms with Crippen LogP contribution in [0.25, 0.3) is 5.76 Å². The average molecular weight is 277 g/mol. The fourth-order valence-corrected chi connectivity index (χ4v) is 3.59. The van der Waals surface area contributed by atoms with Crippen LogP contribution in [-0.2, 0) is 14.3 Å². The molecule has 0 atom stereocenters. The van der Waals surface area contributed by atoms with Gasteiger partial charge in [0.05, 0.1) is 4.88 Å². The third-order valence-corrected chi connectivity index (χ3v) is 4.69. The molecular formula is C14H15NO3S. The van der Waals surface area contributed by atoms with Crippen molar-refractivity contribution >= 4 is 28.8 Å². The van der Waals surface area contributed by atoms with E-state index in [0.29, 0.717) is 18.6 Å². The second kappa shape index (κ2) is 4.49. The molecule has 4 nitrogen and oxygen atoms in total. The predicted molar refractivity (Wildman–Crippen MR) is 72.3 cm³/mol. The summed E-state index contributed by atoms with van der Waals surface area (Å²) in [5, 5.41) is 1.89. The van der Waals surface area contributed by atoms with Crippen LogP contribution in [0.2, 0.25) is 0 Å². The summed E-state index contributed by atoms with van der Waals surface area (Å²) in [4.78, 5) is 25.0. The minimum absolute atomic E-state index is 0.0457. The molecule has 0 saturated heterocycles. The molecule has 0 bridgehead atoms. The number of hydrogen-bond donors (Lipinski definition) is 1. The number of carbonyl (C=O) groups is 2. The summed E-state index contributed by atoms with van der Waals surface area (Å²) < 4.78 is 5.96. The largest absolute Gasteiger partial charge is 0.477 e. The number of ketones is 1. The van der Waals surface area contributed by atoms with E-state index in [1.165, 1.54) is 11.3 Å². The lowest BCUT2D eigenvalue weighted by atomic mass is 9.80. The van der Waals surface area contributed by atoms with Crippen LogP contribution in [0.3, 0.4) is 0 Å². The van der Waals surface area contributed by atoms with Crippen molar-refractivity contribution < 1.29 is 14.3 Å². The number of amides is 1. The van der Waals surface area contributed by atoms with Crippen molar-refractivity contribution in [2.24, 2.45) is 5.73 Å². The van der Waals surface area contributed by atoms with Crippen molar-refractivity contribution in [1.29, 1.82) is 0 Å². The van der Waals surface area contributed by atoms with Gasteiger partial charge in [-0.25, -0.2) is 0 Å². The summed E-state index contributed by atoms with van der Waals surface area (Å²) in [6, 6.07) is 3.71. The lowest BCUT2D eigenvalue weighted by Gasteiger charge is -2.31. The van der Waals surface area contributed by atoms with E-state index in [-0.39, 0.29) is 11.4 Å². The van der Waals surface area contributed by atoms with Crippen molar-refractivity contribution in [3.63, 3.8) is 0 Å². The highest BCUT2D eigenvalue weighted by Crippen LogP contribution is 2.45. The smallest absolute Gasteiger partial charge is 0.256 e. The standard InChI is InChI=1S/C14H15NO3S/c15-13(17)10-11(9-5-4-8-19-9)18-14(12(10)16)6-2-1-3-7-14/h4-5,8H,1-3,6-7H2,(H2,15,17). The minimum atomic E-state index is -0.831. The Balaban J connectivity index is 2.04. The van der Waals surface area contributed by atoms with E-state index in [1.807, 2.05) is 17.5 Å². The normalized spacial score (nSPS) is 21.8. The lowest BCUT2D eigenvalue weighted by Crippen LogP contribution is -2.40. The van der Waals surface area contributed by atoms with Gasteiger partial charge in [0, 0.05) is 0 Å². The summed E-state index contributed by atoms with van der Waals surface area (Å²) in [5.74, 6) is -0.520. The Morgan fingerprint density at radius 3 is 2.63 bits per heavy atom. The maximum absolute atomic E-state index is 12.6. The van der Waals surface area contributed by atoms with Crippen LogP contribution in [0.4, 0.5) is 0 Å². The SMILES string of the molecule is NC(=O)C1=C(c2cccs2)OC2(CCCCC2)C1=O. The summed E-state index contributed by atoms with van der Waals surface area (Å²) in [7, 11) is 0. The molecular weight excluding hydrogens is 262 g/mol. The number of ether oxygens (including phenoxy) is 1. The van der Waals surface area contributed by atoms with Gasteiger partial charge in [0.2, 0.25) is 5.78 Å². The van der Waals surface area contributed by atoms with E-state index in [2.05, 4.69) is 0 Å². The fraction of sp³-hybridized carbons (Fsp3) is 0.429. The molecule has 1 saturated carbocycles. The van der Waals surface area contributed by atoms with Crippen LogP contribution in [0.1, 0.15) is 37.0 Å².